The van der Waals surface area contributed by atoms with Gasteiger partial charge in [-0.3, -0.25) is 0 Å². The van der Waals surface area contributed by atoms with Crippen LogP contribution in [0.15, 0.2) is 0 Å². The standard InChI is InChI=1S/C5H12Br2Si2/c1-8-2-4-9(6,7)5-3-8/h8H,2-5H2,1H3. The molecule has 1 saturated heterocycles. The first kappa shape index (κ1) is 8.49. The van der Waals surface area contributed by atoms with E-state index in [0.29, 0.717) is 0 Å². The van der Waals surface area contributed by atoms with Gasteiger partial charge >= 0.3 is 0 Å². The lowest BCUT2D eigenvalue weighted by Gasteiger charge is -2.26. The van der Waals surface area contributed by atoms with Crippen molar-refractivity contribution in [2.24, 2.45) is 0 Å². The Kier molecular flexibility index (Phi) is 3.01. The Morgan fingerprint density at radius 1 is 1.22 bits per heavy atom. The zero-order chi connectivity index (χ0) is 6.91. The zero-order valence-corrected chi connectivity index (χ0v) is 11.0. The number of hydrogen-bond acceptors (Lipinski definition) is 0. The Bertz CT molecular complexity index is 95.1. The quantitative estimate of drug-likeness (QED) is 0.474. The van der Waals surface area contributed by atoms with Crippen LogP contribution in [0.5, 0.6) is 0 Å². The number of halogens is 2. The zero-order valence-electron chi connectivity index (χ0n) is 5.66. The molecule has 0 aromatic heterocycles. The van der Waals surface area contributed by atoms with E-state index in [0.717, 1.165) is 0 Å². The monoisotopic (exact) mass is 286 g/mol. The Morgan fingerprint density at radius 2 is 1.67 bits per heavy atom. The fourth-order valence-electron chi connectivity index (χ4n) is 1.18. The fourth-order valence-corrected chi connectivity index (χ4v) is 17.3. The maximum Gasteiger partial charge on any atom is 0.200 e. The summed E-state index contributed by atoms with van der Waals surface area (Å²) in [6.07, 6.45) is 0. The van der Waals surface area contributed by atoms with Gasteiger partial charge in [-0.2, -0.15) is 0 Å². The second-order valence-electron chi connectivity index (χ2n) is 3.04. The molecule has 0 nitrogen and oxygen atoms in total. The first-order valence-electron chi connectivity index (χ1n) is 3.48. The van der Waals surface area contributed by atoms with Crippen LogP contribution < -0.4 is 0 Å². The molecule has 9 heavy (non-hydrogen) atoms. The van der Waals surface area contributed by atoms with Crippen LogP contribution in [0, 0.1) is 0 Å². The molecule has 0 N–H and O–H groups in total. The molecule has 1 heterocycles. The van der Waals surface area contributed by atoms with E-state index in [1.54, 1.807) is 12.1 Å². The van der Waals surface area contributed by atoms with Crippen LogP contribution in [0.1, 0.15) is 0 Å². The van der Waals surface area contributed by atoms with Crippen LogP contribution >= 0.6 is 30.6 Å². The molecule has 0 aromatic rings. The SMILES string of the molecule is C[SiH]1CC[Si](Br)(Br)CC1. The molecule has 0 amide bonds. The summed E-state index contributed by atoms with van der Waals surface area (Å²) < 4.78 is 0. The first-order chi connectivity index (χ1) is 4.10. The van der Waals surface area contributed by atoms with Gasteiger partial charge < -0.3 is 0 Å². The molecule has 0 aliphatic carbocycles. The summed E-state index contributed by atoms with van der Waals surface area (Å²) in [6, 6.07) is 6.06. The van der Waals surface area contributed by atoms with E-state index < -0.39 is 5.31 Å². The predicted molar refractivity (Wildman–Crippen MR) is 55.8 cm³/mol. The molecule has 1 aliphatic rings. The van der Waals surface area contributed by atoms with E-state index in [1.807, 2.05) is 0 Å². The number of rotatable bonds is 0. The van der Waals surface area contributed by atoms with E-state index in [1.165, 1.54) is 12.1 Å². The van der Waals surface area contributed by atoms with Crippen LogP contribution in [0.25, 0.3) is 0 Å². The molecule has 4 heteroatoms. The van der Waals surface area contributed by atoms with Crippen molar-refractivity contribution < 1.29 is 0 Å². The predicted octanol–water partition coefficient (Wildman–Crippen LogP) is 3.09. The maximum absolute atomic E-state index is 3.80. The highest BCUT2D eigenvalue weighted by Gasteiger charge is 2.31. The van der Waals surface area contributed by atoms with Crippen LogP contribution in [0.3, 0.4) is 0 Å². The van der Waals surface area contributed by atoms with Crippen molar-refractivity contribution in [3.8, 4) is 0 Å². The van der Waals surface area contributed by atoms with E-state index in [9.17, 15) is 0 Å². The molecular formula is C5H12Br2Si2. The van der Waals surface area contributed by atoms with E-state index in [4.69, 9.17) is 0 Å². The third-order valence-electron chi connectivity index (χ3n) is 2.01. The van der Waals surface area contributed by atoms with Gasteiger partial charge in [0.15, 0.2) is 0 Å². The second kappa shape index (κ2) is 3.19. The van der Waals surface area contributed by atoms with Gasteiger partial charge in [0.25, 0.3) is 0 Å². The van der Waals surface area contributed by atoms with Crippen molar-refractivity contribution in [2.75, 3.05) is 0 Å². The van der Waals surface area contributed by atoms with Gasteiger partial charge in [-0.05, 0) is 12.1 Å². The molecule has 54 valence electrons. The minimum absolute atomic E-state index is 0.202. The van der Waals surface area contributed by atoms with Crippen molar-refractivity contribution >= 4 is 44.7 Å². The van der Waals surface area contributed by atoms with Crippen LogP contribution in [0.2, 0.25) is 30.7 Å². The van der Waals surface area contributed by atoms with Gasteiger partial charge in [0, 0.05) is 8.80 Å². The molecule has 0 radical (unpaired) electrons. The average molecular weight is 288 g/mol. The fraction of sp³-hybridized carbons (Fsp3) is 1.00. The molecule has 1 aliphatic heterocycles. The topological polar surface area (TPSA) is 0 Å². The molecule has 0 atom stereocenters. The van der Waals surface area contributed by atoms with Crippen LogP contribution in [0.4, 0.5) is 0 Å². The first-order valence-corrected chi connectivity index (χ1v) is 13.2. The minimum Gasteiger partial charge on any atom is -0.111 e. The maximum atomic E-state index is 3.80. The van der Waals surface area contributed by atoms with Gasteiger partial charge in [-0.1, -0.05) is 18.6 Å². The van der Waals surface area contributed by atoms with Crippen molar-refractivity contribution in [1.82, 2.24) is 0 Å². The molecular weight excluding hydrogens is 276 g/mol. The summed E-state index contributed by atoms with van der Waals surface area (Å²) >= 11 is 7.60. The Balaban J connectivity index is 2.35. The highest BCUT2D eigenvalue weighted by molar-refractivity contribution is 9.51. The highest BCUT2D eigenvalue weighted by atomic mass is 79.9. The van der Waals surface area contributed by atoms with Crippen molar-refractivity contribution in [3.63, 3.8) is 0 Å². The van der Waals surface area contributed by atoms with Crippen LogP contribution in [-0.2, 0) is 0 Å². The highest BCUT2D eigenvalue weighted by Crippen LogP contribution is 2.38. The third kappa shape index (κ3) is 2.86. The molecule has 0 bridgehead atoms. The normalized spacial score (nSPS) is 28.3. The van der Waals surface area contributed by atoms with Gasteiger partial charge in [0.1, 0.15) is 0 Å². The van der Waals surface area contributed by atoms with E-state index in [-0.39, 0.29) is 8.80 Å². The molecule has 0 unspecified atom stereocenters. The molecule has 0 saturated carbocycles. The lowest BCUT2D eigenvalue weighted by molar-refractivity contribution is 1.20. The summed E-state index contributed by atoms with van der Waals surface area (Å²) in [5.74, 6) is 0. The molecule has 0 aromatic carbocycles. The minimum atomic E-state index is -0.973. The van der Waals surface area contributed by atoms with E-state index >= 15 is 0 Å². The van der Waals surface area contributed by atoms with E-state index in [2.05, 4.69) is 37.1 Å². The molecule has 1 fully saturated rings. The van der Waals surface area contributed by atoms with Crippen molar-refractivity contribution in [3.05, 3.63) is 0 Å². The lowest BCUT2D eigenvalue weighted by atomic mass is 10.9. The largest absolute Gasteiger partial charge is 0.200 e. The molecule has 1 rings (SSSR count). The van der Waals surface area contributed by atoms with Crippen molar-refractivity contribution in [1.29, 1.82) is 0 Å². The Morgan fingerprint density at radius 3 is 2.00 bits per heavy atom. The van der Waals surface area contributed by atoms with Gasteiger partial charge in [-0.25, -0.2) is 0 Å². The summed E-state index contributed by atoms with van der Waals surface area (Å²) in [4.78, 5) is 0. The third-order valence-corrected chi connectivity index (χ3v) is 12.5. The van der Waals surface area contributed by atoms with Gasteiger partial charge in [0.2, 0.25) is 5.31 Å². The second-order valence-corrected chi connectivity index (χ2v) is 21.4. The van der Waals surface area contributed by atoms with Crippen LogP contribution in [-0.4, -0.2) is 14.1 Å². The Hall–Kier alpha value is 1.39. The number of hydrogen-bond donors (Lipinski definition) is 0. The summed E-state index contributed by atoms with van der Waals surface area (Å²) in [5.41, 5.74) is 0. The summed E-state index contributed by atoms with van der Waals surface area (Å²) in [7, 11) is -0.202. The van der Waals surface area contributed by atoms with Gasteiger partial charge in [0.05, 0.1) is 0 Å². The average Bonchev–Trinajstić information content (AvgIpc) is 1.78. The van der Waals surface area contributed by atoms with Crippen molar-refractivity contribution in [2.45, 2.75) is 30.7 Å². The Labute approximate surface area is 75.2 Å². The van der Waals surface area contributed by atoms with Gasteiger partial charge in [-0.15, -0.1) is 30.6 Å². The lowest BCUT2D eigenvalue weighted by Crippen LogP contribution is -2.27. The summed E-state index contributed by atoms with van der Waals surface area (Å²) in [6.45, 7) is 2.49. The summed E-state index contributed by atoms with van der Waals surface area (Å²) in [5, 5.41) is -0.973. The smallest absolute Gasteiger partial charge is 0.111 e. The molecule has 0 spiro atoms.